The molecule has 5 nitrogen and oxygen atoms in total. The molecule has 4 N–H and O–H groups in total. The molecule has 22 heavy (non-hydrogen) atoms. The molecule has 1 fully saturated rings. The largest absolute Gasteiger partial charge is 0.368 e. The number of H-pyrrole nitrogens is 1. The van der Waals surface area contributed by atoms with E-state index in [0.29, 0.717) is 17.7 Å². The zero-order valence-electron chi connectivity index (χ0n) is 13.1. The van der Waals surface area contributed by atoms with Gasteiger partial charge in [0.25, 0.3) is 0 Å². The van der Waals surface area contributed by atoms with E-state index in [1.807, 2.05) is 18.2 Å². The minimum atomic E-state index is -0.779. The van der Waals surface area contributed by atoms with Crippen LogP contribution >= 0.6 is 0 Å². The Labute approximate surface area is 131 Å². The number of benzene rings is 1. The number of aliphatic hydroxyl groups excluding tert-OH is 1. The van der Waals surface area contributed by atoms with E-state index < -0.39 is 6.23 Å². The molecule has 0 spiro atoms. The lowest BCUT2D eigenvalue weighted by atomic mass is 9.98. The molecule has 2 heterocycles. The summed E-state index contributed by atoms with van der Waals surface area (Å²) in [6.45, 7) is 5.30. The number of nitrogens with zero attached hydrogens (tertiary/aromatic N) is 1. The Morgan fingerprint density at radius 1 is 1.32 bits per heavy atom. The number of nitrogens with one attached hydrogen (secondary N) is 3. The van der Waals surface area contributed by atoms with Gasteiger partial charge in [0, 0.05) is 11.7 Å². The van der Waals surface area contributed by atoms with Gasteiger partial charge in [-0.05, 0) is 49.1 Å². The molecule has 0 bridgehead atoms. The van der Waals surface area contributed by atoms with Crippen LogP contribution in [0.2, 0.25) is 0 Å². The highest BCUT2D eigenvalue weighted by Crippen LogP contribution is 2.20. The molecule has 0 amide bonds. The highest BCUT2D eigenvalue weighted by Gasteiger charge is 2.16. The third-order valence-corrected chi connectivity index (χ3v) is 4.17. The van der Waals surface area contributed by atoms with Gasteiger partial charge in [-0.3, -0.25) is 5.10 Å². The van der Waals surface area contributed by atoms with Crippen molar-refractivity contribution < 1.29 is 5.11 Å². The molecular weight excluding hydrogens is 276 g/mol. The number of anilines is 1. The molecule has 1 aromatic heterocycles. The van der Waals surface area contributed by atoms with Crippen LogP contribution in [0, 0.1) is 0 Å². The van der Waals surface area contributed by atoms with Crippen LogP contribution in [0.15, 0.2) is 30.3 Å². The fourth-order valence-electron chi connectivity index (χ4n) is 2.57. The first kappa shape index (κ1) is 15.1. The van der Waals surface area contributed by atoms with Crippen LogP contribution in [0.3, 0.4) is 0 Å². The number of hydrogen-bond donors (Lipinski definition) is 4. The topological polar surface area (TPSA) is 73.0 Å². The summed E-state index contributed by atoms with van der Waals surface area (Å²) in [7, 11) is 0. The van der Waals surface area contributed by atoms with Crippen LogP contribution < -0.4 is 10.6 Å². The first-order valence-corrected chi connectivity index (χ1v) is 7.94. The smallest absolute Gasteiger partial charge is 0.167 e. The van der Waals surface area contributed by atoms with Crippen molar-refractivity contribution in [1.29, 1.82) is 0 Å². The summed E-state index contributed by atoms with van der Waals surface area (Å²) in [5.41, 5.74) is 3.87. The molecule has 0 radical (unpaired) electrons. The Morgan fingerprint density at radius 3 is 2.59 bits per heavy atom. The molecule has 1 saturated heterocycles. The fraction of sp³-hybridized carbons (Fsp3) is 0.471. The first-order chi connectivity index (χ1) is 10.6. The highest BCUT2D eigenvalue weighted by molar-refractivity contribution is 5.46. The Balaban J connectivity index is 1.59. The van der Waals surface area contributed by atoms with E-state index in [0.717, 1.165) is 24.3 Å². The quantitative estimate of drug-likeness (QED) is 0.619. The average molecular weight is 300 g/mol. The van der Waals surface area contributed by atoms with Crippen LogP contribution in [-0.2, 0) is 6.42 Å². The number of aromatic amines is 1. The maximum absolute atomic E-state index is 10.2. The summed E-state index contributed by atoms with van der Waals surface area (Å²) in [6.07, 6.45) is 1.55. The van der Waals surface area contributed by atoms with E-state index in [1.54, 1.807) is 0 Å². The summed E-state index contributed by atoms with van der Waals surface area (Å²) in [5, 5.41) is 23.8. The van der Waals surface area contributed by atoms with Crippen molar-refractivity contribution in [2.75, 3.05) is 11.9 Å². The Kier molecular flexibility index (Phi) is 4.45. The molecule has 3 rings (SSSR count). The number of hydrogen-bond acceptors (Lipinski definition) is 4. The number of aromatic nitrogens is 2. The highest BCUT2D eigenvalue weighted by atomic mass is 16.3. The van der Waals surface area contributed by atoms with Crippen molar-refractivity contribution in [1.82, 2.24) is 15.5 Å². The molecular formula is C17H24N4O. The normalized spacial score (nSPS) is 19.0. The lowest BCUT2D eigenvalue weighted by Gasteiger charge is -2.27. The maximum Gasteiger partial charge on any atom is 0.167 e. The van der Waals surface area contributed by atoms with E-state index >= 15 is 0 Å². The second-order valence-electron chi connectivity index (χ2n) is 6.29. The van der Waals surface area contributed by atoms with Crippen molar-refractivity contribution in [3.63, 3.8) is 0 Å². The SMILES string of the molecule is CC(C)c1cc(C(O)Nc2ccc(C[C@@H]3CCN3)cc2)[nH]n1. The van der Waals surface area contributed by atoms with Gasteiger partial charge in [0.05, 0.1) is 11.4 Å². The van der Waals surface area contributed by atoms with Gasteiger partial charge < -0.3 is 15.7 Å². The molecule has 5 heteroatoms. The minimum absolute atomic E-state index is 0.344. The van der Waals surface area contributed by atoms with E-state index in [1.165, 1.54) is 12.0 Å². The monoisotopic (exact) mass is 300 g/mol. The summed E-state index contributed by atoms with van der Waals surface area (Å²) in [6, 6.07) is 10.8. The van der Waals surface area contributed by atoms with Crippen LogP contribution in [0.4, 0.5) is 5.69 Å². The molecule has 0 aliphatic carbocycles. The van der Waals surface area contributed by atoms with Gasteiger partial charge in [-0.1, -0.05) is 26.0 Å². The van der Waals surface area contributed by atoms with Crippen molar-refractivity contribution in [2.45, 2.75) is 44.9 Å². The molecule has 0 saturated carbocycles. The number of rotatable bonds is 6. The third kappa shape index (κ3) is 3.48. The Hall–Kier alpha value is -1.85. The van der Waals surface area contributed by atoms with E-state index in [-0.39, 0.29) is 0 Å². The molecule has 1 aliphatic heterocycles. The molecule has 2 aromatic rings. The summed E-state index contributed by atoms with van der Waals surface area (Å²) in [5.74, 6) is 0.344. The Bertz CT molecular complexity index is 601. The van der Waals surface area contributed by atoms with Gasteiger partial charge in [0.2, 0.25) is 0 Å². The molecule has 2 atom stereocenters. The van der Waals surface area contributed by atoms with Crippen LogP contribution in [-0.4, -0.2) is 27.9 Å². The van der Waals surface area contributed by atoms with Crippen molar-refractivity contribution in [2.24, 2.45) is 0 Å². The Morgan fingerprint density at radius 2 is 2.05 bits per heavy atom. The predicted octanol–water partition coefficient (Wildman–Crippen LogP) is 2.54. The van der Waals surface area contributed by atoms with Crippen LogP contribution in [0.5, 0.6) is 0 Å². The van der Waals surface area contributed by atoms with Gasteiger partial charge in [-0.25, -0.2) is 0 Å². The molecule has 1 aliphatic rings. The molecule has 1 aromatic carbocycles. The van der Waals surface area contributed by atoms with Crippen molar-refractivity contribution in [3.8, 4) is 0 Å². The van der Waals surface area contributed by atoms with E-state index in [2.05, 4.69) is 46.8 Å². The second-order valence-corrected chi connectivity index (χ2v) is 6.29. The summed E-state index contributed by atoms with van der Waals surface area (Å²) < 4.78 is 0. The zero-order valence-corrected chi connectivity index (χ0v) is 13.1. The summed E-state index contributed by atoms with van der Waals surface area (Å²) in [4.78, 5) is 0. The molecule has 118 valence electrons. The third-order valence-electron chi connectivity index (χ3n) is 4.17. The minimum Gasteiger partial charge on any atom is -0.368 e. The lowest BCUT2D eigenvalue weighted by Crippen LogP contribution is -2.44. The van der Waals surface area contributed by atoms with Gasteiger partial charge in [-0.15, -0.1) is 0 Å². The van der Waals surface area contributed by atoms with Gasteiger partial charge in [0.1, 0.15) is 0 Å². The molecule has 1 unspecified atom stereocenters. The predicted molar refractivity (Wildman–Crippen MR) is 87.8 cm³/mol. The first-order valence-electron chi connectivity index (χ1n) is 7.94. The second kappa shape index (κ2) is 6.50. The summed E-state index contributed by atoms with van der Waals surface area (Å²) >= 11 is 0. The average Bonchev–Trinajstić information content (AvgIpc) is 2.94. The number of aliphatic hydroxyl groups is 1. The van der Waals surface area contributed by atoms with Gasteiger partial charge >= 0.3 is 0 Å². The van der Waals surface area contributed by atoms with Gasteiger partial charge in [0.15, 0.2) is 6.23 Å². The van der Waals surface area contributed by atoms with Gasteiger partial charge in [-0.2, -0.15) is 5.10 Å². The maximum atomic E-state index is 10.2. The van der Waals surface area contributed by atoms with Crippen molar-refractivity contribution >= 4 is 5.69 Å². The van der Waals surface area contributed by atoms with E-state index in [9.17, 15) is 5.11 Å². The van der Waals surface area contributed by atoms with Crippen LogP contribution in [0.1, 0.15) is 49.4 Å². The van der Waals surface area contributed by atoms with Crippen LogP contribution in [0.25, 0.3) is 0 Å². The lowest BCUT2D eigenvalue weighted by molar-refractivity contribution is 0.203. The standard InChI is InChI=1S/C17H24N4O/c1-11(2)15-10-16(21-20-15)17(22)19-13-5-3-12(4-6-13)9-14-7-8-18-14/h3-6,10-11,14,17-19,22H,7-9H2,1-2H3,(H,20,21)/t14-,17?/m0/s1. The fourth-order valence-corrected chi connectivity index (χ4v) is 2.57. The zero-order chi connectivity index (χ0) is 15.5. The van der Waals surface area contributed by atoms with E-state index in [4.69, 9.17) is 0 Å². The van der Waals surface area contributed by atoms with Crippen molar-refractivity contribution in [3.05, 3.63) is 47.3 Å².